The quantitative estimate of drug-likeness (QED) is 0.257. The predicted molar refractivity (Wildman–Crippen MR) is 113 cm³/mol. The Labute approximate surface area is 183 Å². The maximum absolute atomic E-state index is 12.1. The van der Waals surface area contributed by atoms with Crippen LogP contribution >= 0.6 is 0 Å². The molecule has 1 aliphatic rings. The largest absolute Gasteiger partial charge is 0.504 e. The van der Waals surface area contributed by atoms with Gasteiger partial charge >= 0.3 is 11.9 Å². The number of esters is 2. The third-order valence-corrected chi connectivity index (χ3v) is 4.84. The molecule has 0 aromatic heterocycles. The summed E-state index contributed by atoms with van der Waals surface area (Å²) < 4.78 is 10.6. The van der Waals surface area contributed by atoms with E-state index < -0.39 is 30.3 Å². The van der Waals surface area contributed by atoms with Gasteiger partial charge in [0.05, 0.1) is 6.10 Å². The van der Waals surface area contributed by atoms with Crippen LogP contribution in [0.3, 0.4) is 0 Å². The summed E-state index contributed by atoms with van der Waals surface area (Å²) in [6, 6.07) is 8.04. The van der Waals surface area contributed by atoms with Crippen molar-refractivity contribution in [3.8, 4) is 23.0 Å². The topological polar surface area (TPSA) is 154 Å². The van der Waals surface area contributed by atoms with E-state index in [0.717, 1.165) is 12.2 Å². The Morgan fingerprint density at radius 1 is 0.750 bits per heavy atom. The summed E-state index contributed by atoms with van der Waals surface area (Å²) in [5, 5.41) is 47.7. The fraction of sp³-hybridized carbons (Fsp3) is 0.217. The number of rotatable bonds is 6. The van der Waals surface area contributed by atoms with E-state index in [1.807, 2.05) is 0 Å². The van der Waals surface area contributed by atoms with Gasteiger partial charge in [-0.2, -0.15) is 0 Å². The molecule has 3 atom stereocenters. The van der Waals surface area contributed by atoms with Crippen molar-refractivity contribution in [3.05, 3.63) is 59.7 Å². The molecule has 168 valence electrons. The van der Waals surface area contributed by atoms with Crippen molar-refractivity contribution in [2.45, 2.75) is 31.2 Å². The third kappa shape index (κ3) is 5.79. The molecule has 2 aromatic carbocycles. The maximum Gasteiger partial charge on any atom is 0.331 e. The van der Waals surface area contributed by atoms with Crippen LogP contribution in [0.4, 0.5) is 0 Å². The van der Waals surface area contributed by atoms with E-state index in [-0.39, 0.29) is 29.4 Å². The number of aliphatic hydroxyl groups is 1. The summed E-state index contributed by atoms with van der Waals surface area (Å²) in [6.07, 6.45) is 2.64. The van der Waals surface area contributed by atoms with Gasteiger partial charge in [0.15, 0.2) is 29.1 Å². The molecule has 9 nitrogen and oxygen atoms in total. The number of benzene rings is 2. The Kier molecular flexibility index (Phi) is 7.01. The molecular weight excluding hydrogens is 420 g/mol. The monoisotopic (exact) mass is 442 g/mol. The standard InChI is InChI=1S/C23H22O9/c24-15-5-1-13(11-18(15)27)3-9-21(29)31-20-8-7-17(26)23(20)32-22(30)10-4-14-2-6-16(25)19(28)12-14/h1-6,9-12,17,20,23-28H,7-8H2/t17-,20+,23+/m1/s1. The Balaban J connectivity index is 1.58. The lowest BCUT2D eigenvalue weighted by atomic mass is 10.2. The van der Waals surface area contributed by atoms with Crippen molar-refractivity contribution < 1.29 is 44.6 Å². The summed E-state index contributed by atoms with van der Waals surface area (Å²) in [5.74, 6) is -2.76. The van der Waals surface area contributed by atoms with Crippen LogP contribution in [0.2, 0.25) is 0 Å². The number of hydrogen-bond donors (Lipinski definition) is 5. The number of phenolic OH excluding ortho intramolecular Hbond substituents is 4. The molecule has 1 aliphatic carbocycles. The molecular formula is C23H22O9. The molecule has 2 aromatic rings. The van der Waals surface area contributed by atoms with Crippen molar-refractivity contribution >= 4 is 24.1 Å². The predicted octanol–water partition coefficient (Wildman–Crippen LogP) is 2.21. The minimum absolute atomic E-state index is 0.279. The van der Waals surface area contributed by atoms with Gasteiger partial charge in [0.2, 0.25) is 0 Å². The van der Waals surface area contributed by atoms with E-state index in [0.29, 0.717) is 17.5 Å². The fourth-order valence-corrected chi connectivity index (χ4v) is 3.17. The highest BCUT2D eigenvalue weighted by atomic mass is 16.6. The minimum atomic E-state index is -1.05. The highest BCUT2D eigenvalue weighted by Gasteiger charge is 2.40. The van der Waals surface area contributed by atoms with Crippen LogP contribution in [0.15, 0.2) is 48.6 Å². The first-order valence-electron chi connectivity index (χ1n) is 9.72. The molecule has 0 heterocycles. The van der Waals surface area contributed by atoms with Crippen molar-refractivity contribution in [3.63, 3.8) is 0 Å². The lowest BCUT2D eigenvalue weighted by molar-refractivity contribution is -0.163. The van der Waals surface area contributed by atoms with Crippen LogP contribution in [0.25, 0.3) is 12.2 Å². The molecule has 0 unspecified atom stereocenters. The molecule has 1 fully saturated rings. The third-order valence-electron chi connectivity index (χ3n) is 4.84. The van der Waals surface area contributed by atoms with Crippen LogP contribution in [-0.2, 0) is 19.1 Å². The normalized spacial score (nSPS) is 20.6. The summed E-state index contributed by atoms with van der Waals surface area (Å²) >= 11 is 0. The first-order valence-corrected chi connectivity index (χ1v) is 9.72. The van der Waals surface area contributed by atoms with Crippen molar-refractivity contribution in [2.24, 2.45) is 0 Å². The molecule has 5 N–H and O–H groups in total. The number of phenols is 4. The van der Waals surface area contributed by atoms with E-state index in [1.54, 1.807) is 0 Å². The highest BCUT2D eigenvalue weighted by Crippen LogP contribution is 2.28. The average molecular weight is 442 g/mol. The van der Waals surface area contributed by atoms with E-state index in [1.165, 1.54) is 48.6 Å². The number of carbonyl (C=O) groups is 2. The zero-order valence-corrected chi connectivity index (χ0v) is 16.8. The molecule has 0 radical (unpaired) electrons. The second kappa shape index (κ2) is 9.88. The molecule has 0 amide bonds. The molecule has 0 spiro atoms. The summed E-state index contributed by atoms with van der Waals surface area (Å²) in [7, 11) is 0. The average Bonchev–Trinajstić information content (AvgIpc) is 3.09. The van der Waals surface area contributed by atoms with Gasteiger partial charge in [-0.25, -0.2) is 9.59 Å². The fourth-order valence-electron chi connectivity index (χ4n) is 3.17. The Morgan fingerprint density at radius 3 is 1.75 bits per heavy atom. The molecule has 1 saturated carbocycles. The van der Waals surface area contributed by atoms with Crippen molar-refractivity contribution in [2.75, 3.05) is 0 Å². The van der Waals surface area contributed by atoms with Crippen LogP contribution in [0.5, 0.6) is 23.0 Å². The lowest BCUT2D eigenvalue weighted by Gasteiger charge is -2.21. The molecule has 0 bridgehead atoms. The summed E-state index contributed by atoms with van der Waals surface area (Å²) in [5.41, 5.74) is 0.898. The maximum atomic E-state index is 12.1. The first-order chi connectivity index (χ1) is 15.2. The van der Waals surface area contributed by atoms with Crippen LogP contribution in [0, 0.1) is 0 Å². The highest BCUT2D eigenvalue weighted by molar-refractivity contribution is 5.88. The zero-order valence-electron chi connectivity index (χ0n) is 16.8. The molecule has 3 rings (SSSR count). The van der Waals surface area contributed by atoms with Gasteiger partial charge < -0.3 is 35.0 Å². The number of carbonyl (C=O) groups excluding carboxylic acids is 2. The number of aromatic hydroxyl groups is 4. The lowest BCUT2D eigenvalue weighted by Crippen LogP contribution is -2.36. The van der Waals surface area contributed by atoms with Gasteiger partial charge in [0.25, 0.3) is 0 Å². The first kappa shape index (κ1) is 22.7. The second-order valence-corrected chi connectivity index (χ2v) is 7.18. The molecule has 0 aliphatic heterocycles. The molecule has 0 saturated heterocycles. The zero-order chi connectivity index (χ0) is 23.3. The second-order valence-electron chi connectivity index (χ2n) is 7.18. The van der Waals surface area contributed by atoms with Gasteiger partial charge in [-0.1, -0.05) is 12.1 Å². The van der Waals surface area contributed by atoms with Gasteiger partial charge in [-0.15, -0.1) is 0 Å². The Bertz CT molecular complexity index is 1060. The van der Waals surface area contributed by atoms with E-state index in [2.05, 4.69) is 0 Å². The number of ether oxygens (including phenoxy) is 2. The SMILES string of the molecule is O=C(C=Cc1ccc(O)c(O)c1)O[C@H]1[C@H](O)CC[C@@H]1OC(=O)C=Cc1ccc(O)c(O)c1. The number of aliphatic hydroxyl groups excluding tert-OH is 1. The Morgan fingerprint density at radius 2 is 1.25 bits per heavy atom. The van der Waals surface area contributed by atoms with Gasteiger partial charge in [0, 0.05) is 12.2 Å². The van der Waals surface area contributed by atoms with Gasteiger partial charge in [0.1, 0.15) is 6.10 Å². The number of hydrogen-bond acceptors (Lipinski definition) is 9. The minimum Gasteiger partial charge on any atom is -0.504 e. The van der Waals surface area contributed by atoms with E-state index in [9.17, 15) is 35.1 Å². The Hall–Kier alpha value is -3.98. The molecule has 9 heteroatoms. The van der Waals surface area contributed by atoms with Crippen LogP contribution in [0.1, 0.15) is 24.0 Å². The van der Waals surface area contributed by atoms with Crippen LogP contribution < -0.4 is 0 Å². The van der Waals surface area contributed by atoms with Gasteiger partial charge in [-0.05, 0) is 60.4 Å². The van der Waals surface area contributed by atoms with E-state index in [4.69, 9.17) is 9.47 Å². The van der Waals surface area contributed by atoms with Crippen molar-refractivity contribution in [1.29, 1.82) is 0 Å². The van der Waals surface area contributed by atoms with Crippen molar-refractivity contribution in [1.82, 2.24) is 0 Å². The smallest absolute Gasteiger partial charge is 0.331 e. The summed E-state index contributed by atoms with van der Waals surface area (Å²) in [4.78, 5) is 24.3. The molecule has 32 heavy (non-hydrogen) atoms. The van der Waals surface area contributed by atoms with Gasteiger partial charge in [-0.3, -0.25) is 0 Å². The van der Waals surface area contributed by atoms with E-state index >= 15 is 0 Å². The van der Waals surface area contributed by atoms with Crippen LogP contribution in [-0.4, -0.2) is 55.8 Å². The summed E-state index contributed by atoms with van der Waals surface area (Å²) in [6.45, 7) is 0.